The van der Waals surface area contributed by atoms with Crippen LogP contribution in [0.15, 0.2) is 30.3 Å². The summed E-state index contributed by atoms with van der Waals surface area (Å²) in [4.78, 5) is 36.3. The molecular formula is C33H43N3O9. The van der Waals surface area contributed by atoms with Gasteiger partial charge in [0.25, 0.3) is 5.91 Å². The number of aryl methyl sites for hydroxylation is 1. The SMILES string of the molecule is COc1ccc2c(c1)CCC1C2CCC2(C)C(OC(=O)COCCOCCNC(=O)Oc3ccc(N)c(O)c3C(N)=O)CCC12. The molecule has 244 valence electrons. The van der Waals surface area contributed by atoms with Gasteiger partial charge in [-0.1, -0.05) is 13.0 Å². The smallest absolute Gasteiger partial charge is 0.412 e. The molecule has 2 fully saturated rings. The summed E-state index contributed by atoms with van der Waals surface area (Å²) >= 11 is 0. The molecule has 12 nitrogen and oxygen atoms in total. The Kier molecular flexibility index (Phi) is 10.0. The minimum Gasteiger partial charge on any atom is -0.505 e. The Balaban J connectivity index is 0.980. The second-order valence-corrected chi connectivity index (χ2v) is 12.3. The zero-order chi connectivity index (χ0) is 32.1. The Morgan fingerprint density at radius 2 is 1.84 bits per heavy atom. The van der Waals surface area contributed by atoms with Crippen molar-refractivity contribution in [2.45, 2.75) is 57.5 Å². The molecule has 0 aliphatic heterocycles. The molecule has 0 heterocycles. The maximum Gasteiger partial charge on any atom is 0.412 e. The molecule has 0 saturated heterocycles. The summed E-state index contributed by atoms with van der Waals surface area (Å²) in [5.74, 6) is 0.500. The zero-order valence-corrected chi connectivity index (χ0v) is 25.8. The zero-order valence-electron chi connectivity index (χ0n) is 25.8. The summed E-state index contributed by atoms with van der Waals surface area (Å²) in [6, 6.07) is 9.07. The van der Waals surface area contributed by atoms with Crippen LogP contribution in [-0.2, 0) is 25.4 Å². The lowest BCUT2D eigenvalue weighted by molar-refractivity contribution is -0.163. The average molecular weight is 626 g/mol. The Labute approximate surface area is 262 Å². The molecule has 0 radical (unpaired) electrons. The van der Waals surface area contributed by atoms with Crippen molar-refractivity contribution >= 4 is 23.7 Å². The second kappa shape index (κ2) is 13.9. The molecule has 6 N–H and O–H groups in total. The van der Waals surface area contributed by atoms with E-state index in [1.54, 1.807) is 7.11 Å². The number of hydrogen-bond donors (Lipinski definition) is 4. The fraction of sp³-hybridized carbons (Fsp3) is 0.545. The van der Waals surface area contributed by atoms with Crippen molar-refractivity contribution in [3.63, 3.8) is 0 Å². The van der Waals surface area contributed by atoms with Gasteiger partial charge in [-0.3, -0.25) is 4.79 Å². The van der Waals surface area contributed by atoms with Crippen LogP contribution >= 0.6 is 0 Å². The molecular weight excluding hydrogens is 582 g/mol. The van der Waals surface area contributed by atoms with E-state index in [9.17, 15) is 19.5 Å². The molecule has 5 unspecified atom stereocenters. The summed E-state index contributed by atoms with van der Waals surface area (Å²) in [7, 11) is 1.71. The van der Waals surface area contributed by atoms with E-state index in [0.29, 0.717) is 17.8 Å². The van der Waals surface area contributed by atoms with Crippen LogP contribution in [0, 0.1) is 17.3 Å². The first-order chi connectivity index (χ1) is 21.6. The van der Waals surface area contributed by atoms with Crippen molar-refractivity contribution in [1.82, 2.24) is 5.32 Å². The van der Waals surface area contributed by atoms with E-state index in [4.69, 9.17) is 35.2 Å². The summed E-state index contributed by atoms with van der Waals surface area (Å²) in [5.41, 5.74) is 13.2. The maximum absolute atomic E-state index is 12.7. The predicted molar refractivity (Wildman–Crippen MR) is 164 cm³/mol. The maximum atomic E-state index is 12.7. The van der Waals surface area contributed by atoms with Crippen LogP contribution in [0.3, 0.4) is 0 Å². The van der Waals surface area contributed by atoms with Gasteiger partial charge in [0.1, 0.15) is 29.8 Å². The van der Waals surface area contributed by atoms with E-state index in [-0.39, 0.29) is 67.5 Å². The van der Waals surface area contributed by atoms with Crippen molar-refractivity contribution in [3.8, 4) is 17.2 Å². The Morgan fingerprint density at radius 1 is 1.04 bits per heavy atom. The number of amides is 2. The van der Waals surface area contributed by atoms with Gasteiger partial charge < -0.3 is 45.6 Å². The molecule has 3 aliphatic carbocycles. The fourth-order valence-corrected chi connectivity index (χ4v) is 7.67. The number of anilines is 1. The van der Waals surface area contributed by atoms with Crippen LogP contribution in [0.5, 0.6) is 17.2 Å². The molecule has 5 rings (SSSR count). The Morgan fingerprint density at radius 3 is 2.62 bits per heavy atom. The molecule has 0 aromatic heterocycles. The number of nitrogens with one attached hydrogen (secondary N) is 1. The number of benzene rings is 2. The van der Waals surface area contributed by atoms with Crippen LogP contribution in [0.1, 0.15) is 66.4 Å². The third-order valence-electron chi connectivity index (χ3n) is 9.85. The highest BCUT2D eigenvalue weighted by atomic mass is 16.6. The van der Waals surface area contributed by atoms with Gasteiger partial charge in [0.05, 0.1) is 32.6 Å². The third-order valence-corrected chi connectivity index (χ3v) is 9.85. The van der Waals surface area contributed by atoms with Gasteiger partial charge in [-0.25, -0.2) is 9.59 Å². The van der Waals surface area contributed by atoms with Crippen LogP contribution in [-0.4, -0.2) is 69.3 Å². The number of carbonyl (C=O) groups excluding carboxylic acids is 3. The van der Waals surface area contributed by atoms with E-state index in [1.165, 1.54) is 23.3 Å². The topological polar surface area (TPSA) is 182 Å². The second-order valence-electron chi connectivity index (χ2n) is 12.3. The summed E-state index contributed by atoms with van der Waals surface area (Å²) in [6.45, 7) is 2.81. The number of esters is 1. The van der Waals surface area contributed by atoms with E-state index in [1.807, 2.05) is 0 Å². The fourth-order valence-electron chi connectivity index (χ4n) is 7.67. The van der Waals surface area contributed by atoms with Gasteiger partial charge in [-0.2, -0.15) is 0 Å². The monoisotopic (exact) mass is 625 g/mol. The normalized spacial score (nSPS) is 24.9. The van der Waals surface area contributed by atoms with Crippen LogP contribution in [0.4, 0.5) is 10.5 Å². The highest BCUT2D eigenvalue weighted by Gasteiger charge is 2.56. The van der Waals surface area contributed by atoms with Crippen molar-refractivity contribution < 1.29 is 43.2 Å². The molecule has 2 aromatic rings. The number of primary amides is 1. The quantitative estimate of drug-likeness (QED) is 0.118. The molecule has 3 aliphatic rings. The number of hydrogen-bond acceptors (Lipinski definition) is 10. The van der Waals surface area contributed by atoms with Crippen molar-refractivity contribution in [3.05, 3.63) is 47.0 Å². The molecule has 2 saturated carbocycles. The number of carbonyl (C=O) groups is 3. The van der Waals surface area contributed by atoms with Crippen LogP contribution in [0.25, 0.3) is 0 Å². The summed E-state index contributed by atoms with van der Waals surface area (Å²) < 4.78 is 27.4. The standard InChI is InChI=1S/C33H43N3O9/c1-33-12-11-22-21-6-4-20(41-2)17-19(21)3-5-23(22)24(33)7-10-27(33)45-28(37)18-43-16-15-42-14-13-36-32(40)44-26-9-8-25(34)30(38)29(26)31(35)39/h4,6,8-9,17,22-24,27,38H,3,5,7,10-16,18,34H2,1-2H3,(H2,35,39)(H,36,40). The molecule has 2 aromatic carbocycles. The number of fused-ring (bicyclic) bond motifs is 5. The van der Waals surface area contributed by atoms with Gasteiger partial charge in [-0.05, 0) is 91.7 Å². The first-order valence-corrected chi connectivity index (χ1v) is 15.5. The van der Waals surface area contributed by atoms with Crippen LogP contribution in [0.2, 0.25) is 0 Å². The molecule has 0 spiro atoms. The molecule has 2 amide bonds. The Bertz CT molecular complexity index is 1420. The highest BCUT2D eigenvalue weighted by Crippen LogP contribution is 2.61. The molecule has 45 heavy (non-hydrogen) atoms. The number of aromatic hydroxyl groups is 1. The predicted octanol–water partition coefficient (Wildman–Crippen LogP) is 3.67. The number of nitrogens with two attached hydrogens (primary N) is 2. The lowest BCUT2D eigenvalue weighted by atomic mass is 9.55. The minimum atomic E-state index is -0.989. The minimum absolute atomic E-state index is 0.0201. The van der Waals surface area contributed by atoms with E-state index >= 15 is 0 Å². The van der Waals surface area contributed by atoms with E-state index in [0.717, 1.165) is 44.3 Å². The summed E-state index contributed by atoms with van der Waals surface area (Å²) in [5, 5.41) is 12.4. The number of ether oxygens (including phenoxy) is 5. The van der Waals surface area contributed by atoms with Gasteiger partial charge in [-0.15, -0.1) is 0 Å². The van der Waals surface area contributed by atoms with E-state index in [2.05, 4.69) is 30.4 Å². The number of nitrogen functional groups attached to an aromatic ring is 1. The van der Waals surface area contributed by atoms with E-state index < -0.39 is 17.7 Å². The van der Waals surface area contributed by atoms with Crippen molar-refractivity contribution in [2.24, 2.45) is 23.0 Å². The van der Waals surface area contributed by atoms with Gasteiger partial charge in [0.15, 0.2) is 5.75 Å². The number of phenols is 1. The number of methoxy groups -OCH3 is 1. The molecule has 12 heteroatoms. The third kappa shape index (κ3) is 6.96. The number of rotatable bonds is 12. The van der Waals surface area contributed by atoms with Gasteiger partial charge >= 0.3 is 12.1 Å². The first kappa shape index (κ1) is 32.4. The largest absolute Gasteiger partial charge is 0.505 e. The lowest BCUT2D eigenvalue weighted by Crippen LogP contribution is -2.45. The summed E-state index contributed by atoms with van der Waals surface area (Å²) in [6.07, 6.45) is 5.35. The highest BCUT2D eigenvalue weighted by molar-refractivity contribution is 6.00. The molecule has 0 bridgehead atoms. The first-order valence-electron chi connectivity index (χ1n) is 15.5. The van der Waals surface area contributed by atoms with Crippen LogP contribution < -0.4 is 26.3 Å². The van der Waals surface area contributed by atoms with Gasteiger partial charge in [0, 0.05) is 12.0 Å². The van der Waals surface area contributed by atoms with Crippen molar-refractivity contribution in [1.29, 1.82) is 0 Å². The lowest BCUT2D eigenvalue weighted by Gasteiger charge is -2.50. The molecule has 5 atom stereocenters. The Hall–Kier alpha value is -4.03. The van der Waals surface area contributed by atoms with Gasteiger partial charge in [0.2, 0.25) is 0 Å². The van der Waals surface area contributed by atoms with Crippen molar-refractivity contribution in [2.75, 3.05) is 45.8 Å². The average Bonchev–Trinajstić information content (AvgIpc) is 3.35.